The molecule has 1 atom stereocenters. The lowest BCUT2D eigenvalue weighted by Gasteiger charge is -2.07. The molecule has 0 fully saturated rings. The number of hydrogen-bond donors (Lipinski definition) is 1. The minimum Gasteiger partial charge on any atom is -0.428 e. The molecule has 1 N–H and O–H groups in total. The van der Waals surface area contributed by atoms with Gasteiger partial charge in [0.15, 0.2) is 11.5 Å². The number of ether oxygens (including phenoxy) is 4. The highest BCUT2D eigenvalue weighted by atomic mass is 16.9. The van der Waals surface area contributed by atoms with Crippen LogP contribution in [-0.4, -0.2) is 26.7 Å². The van der Waals surface area contributed by atoms with Crippen molar-refractivity contribution >= 4 is 6.09 Å². The van der Waals surface area contributed by atoms with Crippen LogP contribution < -0.4 is 19.5 Å². The van der Waals surface area contributed by atoms with Crippen LogP contribution in [-0.2, 0) is 4.74 Å². The summed E-state index contributed by atoms with van der Waals surface area (Å²) >= 11 is 0. The molecule has 1 aliphatic rings. The van der Waals surface area contributed by atoms with Gasteiger partial charge in [0.25, 0.3) is 0 Å². The predicted molar refractivity (Wildman–Crippen MR) is 53.6 cm³/mol. The SMILES string of the molecule is CNC(=O)Oc1cccc2c1OC(OC)O2. The highest BCUT2D eigenvalue weighted by Crippen LogP contribution is 2.42. The Hall–Kier alpha value is -1.95. The largest absolute Gasteiger partial charge is 0.428 e. The number of nitrogens with one attached hydrogen (secondary N) is 1. The lowest BCUT2D eigenvalue weighted by atomic mass is 10.3. The van der Waals surface area contributed by atoms with Crippen LogP contribution in [0.1, 0.15) is 0 Å². The molecule has 1 heterocycles. The maximum Gasteiger partial charge on any atom is 0.412 e. The first-order valence-corrected chi connectivity index (χ1v) is 4.63. The highest BCUT2D eigenvalue weighted by Gasteiger charge is 2.28. The minimum absolute atomic E-state index is 0.288. The Morgan fingerprint density at radius 1 is 1.44 bits per heavy atom. The minimum atomic E-state index is -0.801. The van der Waals surface area contributed by atoms with E-state index in [1.165, 1.54) is 14.2 Å². The van der Waals surface area contributed by atoms with Gasteiger partial charge in [-0.2, -0.15) is 0 Å². The average molecular weight is 225 g/mol. The number of hydrogen-bond acceptors (Lipinski definition) is 5. The van der Waals surface area contributed by atoms with Crippen molar-refractivity contribution in [2.45, 2.75) is 6.48 Å². The molecule has 86 valence electrons. The number of fused-ring (bicyclic) bond motifs is 1. The van der Waals surface area contributed by atoms with Crippen LogP contribution in [0.15, 0.2) is 18.2 Å². The third-order valence-corrected chi connectivity index (χ3v) is 1.98. The van der Waals surface area contributed by atoms with E-state index in [-0.39, 0.29) is 5.75 Å². The first-order chi connectivity index (χ1) is 7.74. The Balaban J connectivity index is 2.23. The van der Waals surface area contributed by atoms with E-state index in [2.05, 4.69) is 5.32 Å². The van der Waals surface area contributed by atoms with Gasteiger partial charge < -0.3 is 24.3 Å². The molecule has 1 aromatic rings. The van der Waals surface area contributed by atoms with E-state index in [1.54, 1.807) is 18.2 Å². The first-order valence-electron chi connectivity index (χ1n) is 4.63. The maximum absolute atomic E-state index is 11.1. The van der Waals surface area contributed by atoms with E-state index in [9.17, 15) is 4.79 Å². The molecule has 1 amide bonds. The molecular weight excluding hydrogens is 214 g/mol. The smallest absolute Gasteiger partial charge is 0.412 e. The van der Waals surface area contributed by atoms with Gasteiger partial charge in [-0.3, -0.25) is 0 Å². The number of amides is 1. The third kappa shape index (κ3) is 1.87. The number of rotatable bonds is 2. The second kappa shape index (κ2) is 4.28. The number of benzene rings is 1. The number of carbonyl (C=O) groups is 1. The zero-order valence-electron chi connectivity index (χ0n) is 8.85. The van der Waals surface area contributed by atoms with Crippen LogP contribution in [0.25, 0.3) is 0 Å². The second-order valence-corrected chi connectivity index (χ2v) is 2.98. The van der Waals surface area contributed by atoms with Crippen LogP contribution >= 0.6 is 0 Å². The zero-order chi connectivity index (χ0) is 11.5. The molecule has 1 aliphatic heterocycles. The van der Waals surface area contributed by atoms with Crippen molar-refractivity contribution in [3.8, 4) is 17.2 Å². The van der Waals surface area contributed by atoms with Crippen LogP contribution in [0.2, 0.25) is 0 Å². The molecule has 6 heteroatoms. The summed E-state index contributed by atoms with van der Waals surface area (Å²) in [6, 6.07) is 5.00. The Morgan fingerprint density at radius 2 is 2.25 bits per heavy atom. The Kier molecular flexibility index (Phi) is 2.82. The van der Waals surface area contributed by atoms with E-state index in [0.29, 0.717) is 11.5 Å². The standard InChI is InChI=1S/C10H11NO5/c1-11-9(12)14-6-4-3-5-7-8(6)16-10(13-2)15-7/h3-5,10H,1-2H3,(H,11,12). The molecule has 1 unspecified atom stereocenters. The average Bonchev–Trinajstić information content (AvgIpc) is 2.73. The van der Waals surface area contributed by atoms with Crippen molar-refractivity contribution in [1.29, 1.82) is 0 Å². The van der Waals surface area contributed by atoms with Gasteiger partial charge in [-0.1, -0.05) is 6.07 Å². The molecule has 1 aromatic carbocycles. The molecule has 16 heavy (non-hydrogen) atoms. The van der Waals surface area contributed by atoms with Gasteiger partial charge in [-0.25, -0.2) is 4.79 Å². The van der Waals surface area contributed by atoms with Crippen molar-refractivity contribution < 1.29 is 23.7 Å². The van der Waals surface area contributed by atoms with Crippen LogP contribution in [0, 0.1) is 0 Å². The van der Waals surface area contributed by atoms with Gasteiger partial charge in [0.2, 0.25) is 5.75 Å². The van der Waals surface area contributed by atoms with Crippen molar-refractivity contribution in [2.24, 2.45) is 0 Å². The molecule has 0 spiro atoms. The van der Waals surface area contributed by atoms with Gasteiger partial charge in [-0.15, -0.1) is 0 Å². The highest BCUT2D eigenvalue weighted by molar-refractivity contribution is 5.71. The molecule has 0 radical (unpaired) electrons. The summed E-state index contributed by atoms with van der Waals surface area (Å²) in [6.07, 6.45) is -0.571. The number of carbonyl (C=O) groups excluding carboxylic acids is 1. The molecule has 0 aromatic heterocycles. The predicted octanol–water partition coefficient (Wildman–Crippen LogP) is 1.11. The second-order valence-electron chi connectivity index (χ2n) is 2.98. The Labute approximate surface area is 92.1 Å². The van der Waals surface area contributed by atoms with E-state index in [0.717, 1.165) is 0 Å². The van der Waals surface area contributed by atoms with Crippen LogP contribution in [0.5, 0.6) is 17.2 Å². The summed E-state index contributed by atoms with van der Waals surface area (Å²) in [5.74, 6) is 1.13. The van der Waals surface area contributed by atoms with Gasteiger partial charge in [0, 0.05) is 14.2 Å². The van der Waals surface area contributed by atoms with E-state index < -0.39 is 12.6 Å². The van der Waals surface area contributed by atoms with Crippen molar-refractivity contribution in [3.63, 3.8) is 0 Å². The summed E-state index contributed by atoms with van der Waals surface area (Å²) in [5, 5.41) is 2.34. The fourth-order valence-corrected chi connectivity index (χ4v) is 1.26. The molecular formula is C10H11NO5. The summed E-state index contributed by atoms with van der Waals surface area (Å²) < 4.78 is 20.4. The topological polar surface area (TPSA) is 66.0 Å². The summed E-state index contributed by atoms with van der Waals surface area (Å²) in [5.41, 5.74) is 0. The Bertz CT molecular complexity index is 406. The quantitative estimate of drug-likeness (QED) is 0.816. The van der Waals surface area contributed by atoms with Crippen molar-refractivity contribution in [1.82, 2.24) is 5.32 Å². The summed E-state index contributed by atoms with van der Waals surface area (Å²) in [7, 11) is 2.93. The molecule has 0 aliphatic carbocycles. The van der Waals surface area contributed by atoms with Gasteiger partial charge in [0.05, 0.1) is 0 Å². The zero-order valence-corrected chi connectivity index (χ0v) is 8.85. The van der Waals surface area contributed by atoms with Gasteiger partial charge in [-0.05, 0) is 12.1 Å². The van der Waals surface area contributed by atoms with Crippen molar-refractivity contribution in [2.75, 3.05) is 14.2 Å². The number of para-hydroxylation sites is 1. The van der Waals surface area contributed by atoms with Gasteiger partial charge >= 0.3 is 12.6 Å². The van der Waals surface area contributed by atoms with E-state index in [1.807, 2.05) is 0 Å². The van der Waals surface area contributed by atoms with Gasteiger partial charge in [0.1, 0.15) is 0 Å². The summed E-state index contributed by atoms with van der Waals surface area (Å²) in [6.45, 7) is -0.801. The molecule has 0 saturated carbocycles. The lowest BCUT2D eigenvalue weighted by molar-refractivity contribution is -0.158. The normalized spacial score (nSPS) is 17.0. The van der Waals surface area contributed by atoms with E-state index in [4.69, 9.17) is 18.9 Å². The number of methoxy groups -OCH3 is 1. The fourth-order valence-electron chi connectivity index (χ4n) is 1.26. The monoisotopic (exact) mass is 225 g/mol. The van der Waals surface area contributed by atoms with Crippen LogP contribution in [0.3, 0.4) is 0 Å². The van der Waals surface area contributed by atoms with Crippen molar-refractivity contribution in [3.05, 3.63) is 18.2 Å². The van der Waals surface area contributed by atoms with E-state index >= 15 is 0 Å². The summed E-state index contributed by atoms with van der Waals surface area (Å²) in [4.78, 5) is 11.1. The Morgan fingerprint density at radius 3 is 2.94 bits per heavy atom. The molecule has 0 saturated heterocycles. The first kappa shape index (κ1) is 10.6. The molecule has 0 bridgehead atoms. The lowest BCUT2D eigenvalue weighted by Crippen LogP contribution is -2.22. The van der Waals surface area contributed by atoms with Crippen LogP contribution in [0.4, 0.5) is 4.79 Å². The maximum atomic E-state index is 11.1. The third-order valence-electron chi connectivity index (χ3n) is 1.98. The molecule has 6 nitrogen and oxygen atoms in total. The fraction of sp³-hybridized carbons (Fsp3) is 0.300. The molecule has 2 rings (SSSR count).